The molecule has 25 heavy (non-hydrogen) atoms. The lowest BCUT2D eigenvalue weighted by Crippen LogP contribution is -2.35. The molecule has 132 valence electrons. The van der Waals surface area contributed by atoms with Crippen molar-refractivity contribution in [1.29, 1.82) is 0 Å². The number of carbonyl (C=O) groups is 2. The van der Waals surface area contributed by atoms with Gasteiger partial charge in [-0.15, -0.1) is 0 Å². The van der Waals surface area contributed by atoms with E-state index >= 15 is 0 Å². The van der Waals surface area contributed by atoms with Crippen molar-refractivity contribution in [1.82, 2.24) is 4.90 Å². The number of esters is 1. The van der Waals surface area contributed by atoms with E-state index in [-0.39, 0.29) is 5.91 Å². The van der Waals surface area contributed by atoms with E-state index < -0.39 is 12.0 Å². The van der Waals surface area contributed by atoms with Crippen LogP contribution in [0.2, 0.25) is 0 Å². The summed E-state index contributed by atoms with van der Waals surface area (Å²) in [6.45, 7) is 1.73. The maximum atomic E-state index is 12.4. The van der Waals surface area contributed by atoms with Crippen LogP contribution in [-0.4, -0.2) is 49.0 Å². The summed E-state index contributed by atoms with van der Waals surface area (Å²) in [4.78, 5) is 30.7. The third kappa shape index (κ3) is 2.86. The van der Waals surface area contributed by atoms with Crippen molar-refractivity contribution in [2.24, 2.45) is 4.99 Å². The number of ether oxygens (including phenoxy) is 3. The third-order valence-corrected chi connectivity index (χ3v) is 5.08. The largest absolute Gasteiger partial charge is 0.497 e. The van der Waals surface area contributed by atoms with Crippen LogP contribution in [0.5, 0.6) is 11.5 Å². The molecule has 2 aliphatic rings. The number of carbonyl (C=O) groups excluding carboxylic acids is 2. The SMILES string of the molecule is COC(=O)C1=C(C)N2C(=O)CSC2=NC1c1cc(OC)ccc1OC. The summed E-state index contributed by atoms with van der Waals surface area (Å²) in [5, 5.41) is 0.574. The van der Waals surface area contributed by atoms with Crippen molar-refractivity contribution in [3.05, 3.63) is 35.0 Å². The molecule has 2 aliphatic heterocycles. The van der Waals surface area contributed by atoms with Gasteiger partial charge in [-0.25, -0.2) is 9.79 Å². The molecule has 7 nitrogen and oxygen atoms in total. The molecule has 1 unspecified atom stereocenters. The van der Waals surface area contributed by atoms with Gasteiger partial charge < -0.3 is 14.2 Å². The monoisotopic (exact) mass is 362 g/mol. The number of hydrogen-bond donors (Lipinski definition) is 0. The molecule has 3 rings (SSSR count). The zero-order valence-corrected chi connectivity index (χ0v) is 15.2. The first-order valence-electron chi connectivity index (χ1n) is 7.56. The third-order valence-electron chi connectivity index (χ3n) is 4.14. The van der Waals surface area contributed by atoms with Crippen molar-refractivity contribution in [3.63, 3.8) is 0 Å². The maximum absolute atomic E-state index is 12.4. The number of amidine groups is 1. The van der Waals surface area contributed by atoms with Gasteiger partial charge in [0.05, 0.1) is 32.7 Å². The van der Waals surface area contributed by atoms with E-state index in [9.17, 15) is 9.59 Å². The Morgan fingerprint density at radius 1 is 1.28 bits per heavy atom. The minimum Gasteiger partial charge on any atom is -0.497 e. The number of methoxy groups -OCH3 is 3. The standard InChI is InChI=1S/C17H18N2O5S/c1-9-14(16(21)24-4)15(18-17-19(9)13(20)8-25-17)11-7-10(22-2)5-6-12(11)23-3/h5-7,15H,8H2,1-4H3. The zero-order chi connectivity index (χ0) is 18.1. The summed E-state index contributed by atoms with van der Waals surface area (Å²) in [6.07, 6.45) is 0. The highest BCUT2D eigenvalue weighted by Gasteiger charge is 2.40. The van der Waals surface area contributed by atoms with Gasteiger partial charge in [0.15, 0.2) is 5.17 Å². The number of hydrogen-bond acceptors (Lipinski definition) is 7. The van der Waals surface area contributed by atoms with Crippen LogP contribution < -0.4 is 9.47 Å². The molecule has 1 atom stereocenters. The maximum Gasteiger partial charge on any atom is 0.338 e. The summed E-state index contributed by atoms with van der Waals surface area (Å²) in [7, 11) is 4.42. The normalized spacial score (nSPS) is 19.5. The van der Waals surface area contributed by atoms with E-state index in [0.29, 0.717) is 39.3 Å². The van der Waals surface area contributed by atoms with Crippen molar-refractivity contribution in [2.45, 2.75) is 13.0 Å². The molecule has 1 aromatic rings. The molecular formula is C17H18N2O5S. The van der Waals surface area contributed by atoms with E-state index in [1.807, 2.05) is 0 Å². The molecule has 0 aliphatic carbocycles. The molecule has 1 saturated heterocycles. The number of fused-ring (bicyclic) bond motifs is 1. The summed E-state index contributed by atoms with van der Waals surface area (Å²) in [5.74, 6) is 0.869. The Morgan fingerprint density at radius 3 is 2.68 bits per heavy atom. The van der Waals surface area contributed by atoms with Crippen molar-refractivity contribution < 1.29 is 23.8 Å². The van der Waals surface area contributed by atoms with Crippen LogP contribution in [-0.2, 0) is 14.3 Å². The van der Waals surface area contributed by atoms with Gasteiger partial charge in [-0.2, -0.15) is 0 Å². The van der Waals surface area contributed by atoms with Gasteiger partial charge in [-0.05, 0) is 25.1 Å². The van der Waals surface area contributed by atoms with Gasteiger partial charge >= 0.3 is 5.97 Å². The van der Waals surface area contributed by atoms with Crippen LogP contribution in [0.4, 0.5) is 0 Å². The molecule has 0 bridgehead atoms. The topological polar surface area (TPSA) is 77.4 Å². The van der Waals surface area contributed by atoms with E-state index in [2.05, 4.69) is 4.99 Å². The van der Waals surface area contributed by atoms with Crippen molar-refractivity contribution in [2.75, 3.05) is 27.1 Å². The molecule has 1 fully saturated rings. The summed E-state index contributed by atoms with van der Waals surface area (Å²) in [5.41, 5.74) is 1.52. The Labute approximate surface area is 149 Å². The number of aliphatic imine (C=N–C) groups is 1. The summed E-state index contributed by atoms with van der Waals surface area (Å²) >= 11 is 1.35. The molecular weight excluding hydrogens is 344 g/mol. The molecule has 1 aromatic carbocycles. The number of thioether (sulfide) groups is 1. The van der Waals surface area contributed by atoms with E-state index in [4.69, 9.17) is 14.2 Å². The number of allylic oxidation sites excluding steroid dienone is 1. The molecule has 0 aromatic heterocycles. The Morgan fingerprint density at radius 2 is 2.04 bits per heavy atom. The predicted molar refractivity (Wildman–Crippen MR) is 93.7 cm³/mol. The molecule has 0 radical (unpaired) electrons. The fraction of sp³-hybridized carbons (Fsp3) is 0.353. The van der Waals surface area contributed by atoms with E-state index in [0.717, 1.165) is 0 Å². The van der Waals surface area contributed by atoms with E-state index in [1.54, 1.807) is 39.3 Å². The number of amides is 1. The minimum atomic E-state index is -0.637. The van der Waals surface area contributed by atoms with Crippen LogP contribution in [0.15, 0.2) is 34.5 Å². The second-order valence-corrected chi connectivity index (χ2v) is 6.37. The molecule has 1 amide bonds. The Bertz CT molecular complexity index is 802. The Hall–Kier alpha value is -2.48. The van der Waals surface area contributed by atoms with Crippen LogP contribution in [0, 0.1) is 0 Å². The molecule has 2 heterocycles. The first kappa shape index (κ1) is 17.3. The molecule has 0 N–H and O–H groups in total. The fourth-order valence-corrected chi connectivity index (χ4v) is 3.86. The Balaban J connectivity index is 2.20. The van der Waals surface area contributed by atoms with Crippen LogP contribution in [0.25, 0.3) is 0 Å². The van der Waals surface area contributed by atoms with Crippen molar-refractivity contribution >= 4 is 28.8 Å². The molecule has 8 heteroatoms. The van der Waals surface area contributed by atoms with Gasteiger partial charge in [0.2, 0.25) is 5.91 Å². The first-order chi connectivity index (χ1) is 12.0. The van der Waals surface area contributed by atoms with Crippen molar-refractivity contribution in [3.8, 4) is 11.5 Å². The predicted octanol–water partition coefficient (Wildman–Crippen LogP) is 2.14. The van der Waals surface area contributed by atoms with Crippen LogP contribution >= 0.6 is 11.8 Å². The van der Waals surface area contributed by atoms with Crippen LogP contribution in [0.3, 0.4) is 0 Å². The van der Waals surface area contributed by atoms with E-state index in [1.165, 1.54) is 23.8 Å². The lowest BCUT2D eigenvalue weighted by atomic mass is 9.95. The smallest absolute Gasteiger partial charge is 0.338 e. The molecule has 0 saturated carbocycles. The zero-order valence-electron chi connectivity index (χ0n) is 14.4. The van der Waals surface area contributed by atoms with Gasteiger partial charge in [-0.1, -0.05) is 11.8 Å². The summed E-state index contributed by atoms with van der Waals surface area (Å²) < 4.78 is 15.7. The average Bonchev–Trinajstić information content (AvgIpc) is 3.01. The first-order valence-corrected chi connectivity index (χ1v) is 8.55. The van der Waals surface area contributed by atoms with Crippen LogP contribution in [0.1, 0.15) is 18.5 Å². The highest BCUT2D eigenvalue weighted by Crippen LogP contribution is 2.43. The lowest BCUT2D eigenvalue weighted by molar-refractivity contribution is -0.136. The quantitative estimate of drug-likeness (QED) is 0.764. The minimum absolute atomic E-state index is 0.0984. The van der Waals surface area contributed by atoms with Gasteiger partial charge in [0, 0.05) is 11.3 Å². The average molecular weight is 362 g/mol. The Kier molecular flexibility index (Phi) is 4.71. The highest BCUT2D eigenvalue weighted by atomic mass is 32.2. The molecule has 0 spiro atoms. The number of nitrogens with zero attached hydrogens (tertiary/aromatic N) is 2. The fourth-order valence-electron chi connectivity index (χ4n) is 2.93. The van der Waals surface area contributed by atoms with Gasteiger partial charge in [0.1, 0.15) is 17.5 Å². The van der Waals surface area contributed by atoms with Gasteiger partial charge in [0.25, 0.3) is 0 Å². The lowest BCUT2D eigenvalue weighted by Gasteiger charge is -2.29. The summed E-state index contributed by atoms with van der Waals surface area (Å²) in [6, 6.07) is 4.67. The second kappa shape index (κ2) is 6.79. The number of benzene rings is 1. The number of rotatable bonds is 4. The highest BCUT2D eigenvalue weighted by molar-refractivity contribution is 8.15. The second-order valence-electron chi connectivity index (χ2n) is 5.43. The van der Waals surface area contributed by atoms with Gasteiger partial charge in [-0.3, -0.25) is 9.69 Å².